The highest BCUT2D eigenvalue weighted by atomic mass is 16.5. The molecule has 0 spiro atoms. The fourth-order valence-electron chi connectivity index (χ4n) is 2.99. The fraction of sp³-hybridized carbons (Fsp3) is 0.368. The lowest BCUT2D eigenvalue weighted by atomic mass is 9.96. The van der Waals surface area contributed by atoms with Crippen LogP contribution in [-0.2, 0) is 0 Å². The van der Waals surface area contributed by atoms with Crippen molar-refractivity contribution in [1.29, 1.82) is 0 Å². The Hall–Kier alpha value is -1.80. The van der Waals surface area contributed by atoms with Crippen molar-refractivity contribution in [1.82, 2.24) is 0 Å². The van der Waals surface area contributed by atoms with Crippen LogP contribution in [0.15, 0.2) is 30.3 Å². The standard InChI is InChI=1S/C19H24O2/c1-12-6-13(2)10-17(9-12)21-11-18(20)19-15(4)7-14(3)8-16(19)5/h6-10,18,20H,11H2,1-5H3. The fourth-order valence-corrected chi connectivity index (χ4v) is 2.99. The van der Waals surface area contributed by atoms with Gasteiger partial charge in [0.25, 0.3) is 0 Å². The van der Waals surface area contributed by atoms with Gasteiger partial charge in [-0.2, -0.15) is 0 Å². The zero-order valence-electron chi connectivity index (χ0n) is 13.5. The maximum atomic E-state index is 10.4. The Bertz CT molecular complexity index is 601. The van der Waals surface area contributed by atoms with Gasteiger partial charge < -0.3 is 9.84 Å². The monoisotopic (exact) mass is 284 g/mol. The number of aryl methyl sites for hydroxylation is 5. The minimum Gasteiger partial charge on any atom is -0.491 e. The first kappa shape index (κ1) is 15.6. The van der Waals surface area contributed by atoms with Crippen LogP contribution in [0.1, 0.15) is 39.5 Å². The van der Waals surface area contributed by atoms with Crippen molar-refractivity contribution in [3.8, 4) is 5.75 Å². The van der Waals surface area contributed by atoms with E-state index in [0.717, 1.165) is 22.4 Å². The molecule has 2 aromatic rings. The molecule has 2 nitrogen and oxygen atoms in total. The molecule has 2 rings (SSSR count). The average molecular weight is 284 g/mol. The highest BCUT2D eigenvalue weighted by Gasteiger charge is 2.14. The summed E-state index contributed by atoms with van der Waals surface area (Å²) in [5, 5.41) is 10.4. The van der Waals surface area contributed by atoms with Crippen LogP contribution in [0, 0.1) is 34.6 Å². The van der Waals surface area contributed by atoms with Crippen LogP contribution in [-0.4, -0.2) is 11.7 Å². The molecule has 0 amide bonds. The number of hydrogen-bond donors (Lipinski definition) is 1. The predicted octanol–water partition coefficient (Wildman–Crippen LogP) is 4.34. The van der Waals surface area contributed by atoms with Gasteiger partial charge >= 0.3 is 0 Å². The maximum Gasteiger partial charge on any atom is 0.119 e. The maximum absolute atomic E-state index is 10.4. The molecule has 0 aliphatic carbocycles. The second-order valence-corrected chi connectivity index (χ2v) is 5.96. The predicted molar refractivity (Wildman–Crippen MR) is 87.0 cm³/mol. The van der Waals surface area contributed by atoms with E-state index >= 15 is 0 Å². The zero-order chi connectivity index (χ0) is 15.6. The molecule has 112 valence electrons. The molecular formula is C19H24O2. The van der Waals surface area contributed by atoms with Gasteiger partial charge in [0, 0.05) is 0 Å². The van der Waals surface area contributed by atoms with Crippen LogP contribution in [0.2, 0.25) is 0 Å². The lowest BCUT2D eigenvalue weighted by Crippen LogP contribution is -2.12. The number of rotatable bonds is 4. The van der Waals surface area contributed by atoms with Crippen molar-refractivity contribution in [2.45, 2.75) is 40.7 Å². The molecule has 0 saturated heterocycles. The summed E-state index contributed by atoms with van der Waals surface area (Å²) in [6.07, 6.45) is -0.605. The molecule has 1 N–H and O–H groups in total. The van der Waals surface area contributed by atoms with Crippen LogP contribution in [0.25, 0.3) is 0 Å². The molecule has 0 saturated carbocycles. The summed E-state index contributed by atoms with van der Waals surface area (Å²) in [5.41, 5.74) is 6.76. The van der Waals surface area contributed by atoms with Crippen LogP contribution in [0.5, 0.6) is 5.75 Å². The van der Waals surface area contributed by atoms with Crippen molar-refractivity contribution in [3.63, 3.8) is 0 Å². The van der Waals surface area contributed by atoms with Gasteiger partial charge in [0.2, 0.25) is 0 Å². The van der Waals surface area contributed by atoms with Gasteiger partial charge in [-0.1, -0.05) is 23.8 Å². The highest BCUT2D eigenvalue weighted by Crippen LogP contribution is 2.25. The molecule has 0 aromatic heterocycles. The van der Waals surface area contributed by atoms with Gasteiger partial charge in [-0.25, -0.2) is 0 Å². The Balaban J connectivity index is 2.13. The van der Waals surface area contributed by atoms with E-state index in [0.29, 0.717) is 0 Å². The largest absolute Gasteiger partial charge is 0.491 e. The van der Waals surface area contributed by atoms with Crippen molar-refractivity contribution >= 4 is 0 Å². The molecule has 1 atom stereocenters. The van der Waals surface area contributed by atoms with Gasteiger partial charge in [0.15, 0.2) is 0 Å². The van der Waals surface area contributed by atoms with Crippen LogP contribution in [0.4, 0.5) is 0 Å². The van der Waals surface area contributed by atoms with Crippen molar-refractivity contribution in [3.05, 3.63) is 63.7 Å². The minimum absolute atomic E-state index is 0.271. The molecule has 2 heteroatoms. The summed E-state index contributed by atoms with van der Waals surface area (Å²) >= 11 is 0. The average Bonchev–Trinajstić information content (AvgIpc) is 2.34. The Morgan fingerprint density at radius 2 is 1.29 bits per heavy atom. The normalized spacial score (nSPS) is 12.3. The third-order valence-corrected chi connectivity index (χ3v) is 3.67. The van der Waals surface area contributed by atoms with Crippen molar-refractivity contribution in [2.24, 2.45) is 0 Å². The third kappa shape index (κ3) is 3.85. The first-order chi connectivity index (χ1) is 9.86. The minimum atomic E-state index is -0.605. The summed E-state index contributed by atoms with van der Waals surface area (Å²) in [4.78, 5) is 0. The molecule has 0 fully saturated rings. The van der Waals surface area contributed by atoms with Crippen molar-refractivity contribution < 1.29 is 9.84 Å². The number of aliphatic hydroxyl groups is 1. The topological polar surface area (TPSA) is 29.5 Å². The SMILES string of the molecule is Cc1cc(C)cc(OCC(O)c2c(C)cc(C)cc2C)c1. The summed E-state index contributed by atoms with van der Waals surface area (Å²) in [7, 11) is 0. The molecule has 0 aliphatic heterocycles. The molecule has 2 aromatic carbocycles. The summed E-state index contributed by atoms with van der Waals surface area (Å²) in [6.45, 7) is 10.5. The Morgan fingerprint density at radius 1 is 0.810 bits per heavy atom. The summed E-state index contributed by atoms with van der Waals surface area (Å²) in [5.74, 6) is 0.814. The molecule has 0 aliphatic rings. The van der Waals surface area contributed by atoms with E-state index in [4.69, 9.17) is 4.74 Å². The molecule has 1 unspecified atom stereocenters. The Kier molecular flexibility index (Phi) is 4.69. The molecular weight excluding hydrogens is 260 g/mol. The first-order valence-corrected chi connectivity index (χ1v) is 7.33. The van der Waals surface area contributed by atoms with Gasteiger partial charge in [-0.15, -0.1) is 0 Å². The van der Waals surface area contributed by atoms with E-state index in [1.807, 2.05) is 39.8 Å². The van der Waals surface area contributed by atoms with Crippen LogP contribution < -0.4 is 4.74 Å². The smallest absolute Gasteiger partial charge is 0.119 e. The van der Waals surface area contributed by atoms with Gasteiger partial charge in [0.1, 0.15) is 18.5 Å². The van der Waals surface area contributed by atoms with Gasteiger partial charge in [-0.05, 0) is 74.6 Å². The van der Waals surface area contributed by atoms with Crippen LogP contribution in [0.3, 0.4) is 0 Å². The van der Waals surface area contributed by atoms with Gasteiger partial charge in [0.05, 0.1) is 0 Å². The second kappa shape index (κ2) is 6.31. The summed E-state index contributed by atoms with van der Waals surface area (Å²) in [6, 6.07) is 10.3. The number of benzene rings is 2. The number of ether oxygens (including phenoxy) is 1. The van der Waals surface area contributed by atoms with E-state index < -0.39 is 6.10 Å². The van der Waals surface area contributed by atoms with Crippen molar-refractivity contribution in [2.75, 3.05) is 6.61 Å². The molecule has 0 bridgehead atoms. The molecule has 21 heavy (non-hydrogen) atoms. The van der Waals surface area contributed by atoms with E-state index in [2.05, 4.69) is 25.1 Å². The third-order valence-electron chi connectivity index (χ3n) is 3.67. The van der Waals surface area contributed by atoms with Gasteiger partial charge in [-0.3, -0.25) is 0 Å². The van der Waals surface area contributed by atoms with Crippen LogP contribution >= 0.6 is 0 Å². The molecule has 0 radical (unpaired) electrons. The van der Waals surface area contributed by atoms with E-state index in [-0.39, 0.29) is 6.61 Å². The van der Waals surface area contributed by atoms with E-state index in [1.165, 1.54) is 16.7 Å². The zero-order valence-corrected chi connectivity index (χ0v) is 13.5. The number of aliphatic hydroxyl groups excluding tert-OH is 1. The van der Waals surface area contributed by atoms with E-state index in [9.17, 15) is 5.11 Å². The lowest BCUT2D eigenvalue weighted by Gasteiger charge is -2.18. The number of hydrogen-bond acceptors (Lipinski definition) is 2. The highest BCUT2D eigenvalue weighted by molar-refractivity contribution is 5.39. The quantitative estimate of drug-likeness (QED) is 0.905. The first-order valence-electron chi connectivity index (χ1n) is 7.33. The Morgan fingerprint density at radius 3 is 1.81 bits per heavy atom. The second-order valence-electron chi connectivity index (χ2n) is 5.96. The summed E-state index contributed by atoms with van der Waals surface area (Å²) < 4.78 is 5.77. The molecule has 0 heterocycles. The Labute approximate surface area is 127 Å². The lowest BCUT2D eigenvalue weighted by molar-refractivity contribution is 0.107. The van der Waals surface area contributed by atoms with E-state index in [1.54, 1.807) is 0 Å².